The van der Waals surface area contributed by atoms with Crippen LogP contribution in [0.3, 0.4) is 0 Å². The van der Waals surface area contributed by atoms with Crippen LogP contribution >= 0.6 is 0 Å². The lowest BCUT2D eigenvalue weighted by molar-refractivity contribution is -0.155. The molecule has 6 N–H and O–H groups in total. The number of carbonyl (C=O) groups excluding carboxylic acids is 4. The summed E-state index contributed by atoms with van der Waals surface area (Å²) in [6.45, 7) is 4.76. The molecule has 2 aromatic carbocycles. The molecule has 0 spiro atoms. The van der Waals surface area contributed by atoms with Crippen molar-refractivity contribution in [1.82, 2.24) is 24.1 Å². The highest BCUT2D eigenvalue weighted by atomic mass is 32.2. The highest BCUT2D eigenvalue weighted by Gasteiger charge is 2.51. The number of piperidine rings is 1. The van der Waals surface area contributed by atoms with Crippen LogP contribution < -0.4 is 22.1 Å². The van der Waals surface area contributed by atoms with Gasteiger partial charge in [0.1, 0.15) is 6.04 Å². The van der Waals surface area contributed by atoms with E-state index in [0.717, 1.165) is 11.1 Å². The lowest BCUT2D eigenvalue weighted by atomic mass is 9.86. The Hall–Kier alpha value is -3.69. The molecule has 2 saturated heterocycles. The van der Waals surface area contributed by atoms with E-state index in [4.69, 9.17) is 11.5 Å². The lowest BCUT2D eigenvalue weighted by Gasteiger charge is -2.56. The monoisotopic (exact) mass is 739 g/mol. The molecule has 2 bridgehead atoms. The molecule has 2 fully saturated rings. The Bertz CT molecular complexity index is 1600. The second kappa shape index (κ2) is 18.9. The number of hydrogen-bond acceptors (Lipinski definition) is 8. The molecule has 2 aliphatic rings. The summed E-state index contributed by atoms with van der Waals surface area (Å²) < 4.78 is 28.1. The first-order chi connectivity index (χ1) is 24.7. The van der Waals surface area contributed by atoms with E-state index >= 15 is 0 Å². The molecule has 3 amide bonds. The number of Topliss-reactive ketones (excluding diaryl/α,β-unsaturated/α-hetero) is 1. The minimum Gasteiger partial charge on any atom is -0.345 e. The highest BCUT2D eigenvalue weighted by Crippen LogP contribution is 2.35. The van der Waals surface area contributed by atoms with Crippen LogP contribution in [0.15, 0.2) is 60.7 Å². The van der Waals surface area contributed by atoms with Crippen LogP contribution in [0.25, 0.3) is 0 Å². The lowest BCUT2D eigenvalue weighted by Crippen LogP contribution is -2.73. The fraction of sp³-hybridized carbons (Fsp3) is 0.579. The van der Waals surface area contributed by atoms with E-state index in [1.165, 1.54) is 22.7 Å². The second-order valence-corrected chi connectivity index (χ2v) is 16.9. The van der Waals surface area contributed by atoms with Gasteiger partial charge in [0.15, 0.2) is 5.78 Å². The van der Waals surface area contributed by atoms with Crippen LogP contribution in [0, 0.1) is 11.8 Å². The largest absolute Gasteiger partial charge is 0.345 e. The number of piperazine rings is 1. The summed E-state index contributed by atoms with van der Waals surface area (Å²) in [4.78, 5) is 57.2. The minimum atomic E-state index is -3.62. The summed E-state index contributed by atoms with van der Waals surface area (Å²) in [5.41, 5.74) is 13.8. The molecule has 2 aliphatic heterocycles. The summed E-state index contributed by atoms with van der Waals surface area (Å²) >= 11 is 0. The zero-order valence-corrected chi connectivity index (χ0v) is 31.8. The highest BCUT2D eigenvalue weighted by molar-refractivity contribution is 7.86. The van der Waals surface area contributed by atoms with Gasteiger partial charge in [0.25, 0.3) is 10.2 Å². The van der Waals surface area contributed by atoms with E-state index in [9.17, 15) is 27.6 Å². The topological polar surface area (TPSA) is 188 Å². The van der Waals surface area contributed by atoms with Crippen LogP contribution in [-0.4, -0.2) is 109 Å². The maximum absolute atomic E-state index is 14.1. The molecular weight excluding hydrogens is 683 g/mol. The molecule has 4 rings (SSSR count). The van der Waals surface area contributed by atoms with Crippen molar-refractivity contribution in [3.05, 3.63) is 71.8 Å². The van der Waals surface area contributed by atoms with Gasteiger partial charge in [-0.3, -0.25) is 19.2 Å². The van der Waals surface area contributed by atoms with E-state index in [2.05, 4.69) is 10.6 Å². The first kappa shape index (κ1) is 41.1. The number of nitrogens with zero attached hydrogens (tertiary/aromatic N) is 3. The Morgan fingerprint density at radius 2 is 1.40 bits per heavy atom. The zero-order valence-electron chi connectivity index (χ0n) is 30.9. The average molecular weight is 740 g/mol. The summed E-state index contributed by atoms with van der Waals surface area (Å²) in [5, 5.41) is 5.87. The molecular formula is C38H57N7O6S. The van der Waals surface area contributed by atoms with Crippen LogP contribution in [-0.2, 0) is 42.2 Å². The fourth-order valence-electron chi connectivity index (χ4n) is 7.14. The van der Waals surface area contributed by atoms with Crippen LogP contribution in [0.4, 0.5) is 0 Å². The molecule has 6 unspecified atom stereocenters. The summed E-state index contributed by atoms with van der Waals surface area (Å²) in [6.07, 6.45) is 3.15. The minimum absolute atomic E-state index is 0.0655. The van der Waals surface area contributed by atoms with Crippen molar-refractivity contribution >= 4 is 33.7 Å². The maximum atomic E-state index is 14.1. The number of unbranched alkanes of at least 4 members (excludes halogenated alkanes) is 1. The smallest absolute Gasteiger partial charge is 0.281 e. The number of benzene rings is 2. The molecule has 52 heavy (non-hydrogen) atoms. The number of fused-ring (bicyclic) bond motifs is 2. The van der Waals surface area contributed by atoms with Gasteiger partial charge in [-0.2, -0.15) is 17.0 Å². The van der Waals surface area contributed by atoms with Gasteiger partial charge in [0, 0.05) is 51.6 Å². The van der Waals surface area contributed by atoms with Crippen LogP contribution in [0.1, 0.15) is 63.5 Å². The predicted octanol–water partition coefficient (Wildman–Crippen LogP) is 1.61. The Morgan fingerprint density at radius 3 is 1.94 bits per heavy atom. The molecule has 0 aromatic heterocycles. The first-order valence-electron chi connectivity index (χ1n) is 18.4. The third-order valence-corrected chi connectivity index (χ3v) is 11.8. The van der Waals surface area contributed by atoms with E-state index in [1.807, 2.05) is 74.5 Å². The number of hydrogen-bond donors (Lipinski definition) is 4. The van der Waals surface area contributed by atoms with Crippen molar-refractivity contribution in [2.75, 3.05) is 33.7 Å². The number of likely N-dealkylation sites (tertiary alicyclic amines) is 1. The number of ketones is 1. The fourth-order valence-corrected chi connectivity index (χ4v) is 8.32. The molecule has 0 saturated carbocycles. The van der Waals surface area contributed by atoms with E-state index in [-0.39, 0.29) is 55.6 Å². The summed E-state index contributed by atoms with van der Waals surface area (Å²) in [6, 6.07) is 15.6. The van der Waals surface area contributed by atoms with Gasteiger partial charge in [-0.15, -0.1) is 0 Å². The number of amides is 3. The van der Waals surface area contributed by atoms with Crippen molar-refractivity contribution < 1.29 is 27.6 Å². The van der Waals surface area contributed by atoms with E-state index in [1.54, 1.807) is 4.90 Å². The normalized spacial score (nSPS) is 19.7. The van der Waals surface area contributed by atoms with Crippen molar-refractivity contribution in [1.29, 1.82) is 0 Å². The van der Waals surface area contributed by atoms with Gasteiger partial charge in [-0.05, 0) is 68.5 Å². The van der Waals surface area contributed by atoms with Gasteiger partial charge in [-0.25, -0.2) is 0 Å². The molecule has 2 aromatic rings. The van der Waals surface area contributed by atoms with Crippen LogP contribution in [0.5, 0.6) is 0 Å². The summed E-state index contributed by atoms with van der Waals surface area (Å²) in [7, 11) is -0.648. The number of nitrogens with one attached hydrogen (secondary N) is 2. The van der Waals surface area contributed by atoms with Crippen molar-refractivity contribution in [2.45, 2.75) is 95.4 Å². The Balaban J connectivity index is 1.49. The van der Waals surface area contributed by atoms with Crippen molar-refractivity contribution in [3.63, 3.8) is 0 Å². The Kier molecular flexibility index (Phi) is 14.9. The zero-order chi connectivity index (χ0) is 38.0. The van der Waals surface area contributed by atoms with Gasteiger partial charge >= 0.3 is 0 Å². The van der Waals surface area contributed by atoms with E-state index in [0.29, 0.717) is 45.1 Å². The standard InChI is InChI=1S/C38H57N7O6S/c1-26(2)19-29(22-35(46)34(21-28-15-9-6-10-16-28)42-37(48)32(40)20-27-13-7-5-8-14-27)36(47)41-33(17-11-12-18-39)38(49)45-30-23-31(45)25-44(24-30)52(50,51)43(3)4/h5-10,13-16,26,29-34H,11-12,17-25,39-40H2,1-4H3,(H,41,47)(H,42,48). The maximum Gasteiger partial charge on any atom is 0.281 e. The second-order valence-electron chi connectivity index (χ2n) is 14.8. The molecule has 2 heterocycles. The van der Waals surface area contributed by atoms with Gasteiger partial charge < -0.3 is 27.0 Å². The molecule has 14 heteroatoms. The predicted molar refractivity (Wildman–Crippen MR) is 201 cm³/mol. The molecule has 13 nitrogen and oxygen atoms in total. The number of nitrogens with two attached hydrogens (primary N) is 2. The third kappa shape index (κ3) is 10.9. The van der Waals surface area contributed by atoms with Gasteiger partial charge in [0.2, 0.25) is 17.7 Å². The molecule has 286 valence electrons. The van der Waals surface area contributed by atoms with Gasteiger partial charge in [-0.1, -0.05) is 74.5 Å². The third-order valence-electron chi connectivity index (χ3n) is 9.96. The van der Waals surface area contributed by atoms with Crippen molar-refractivity contribution in [2.24, 2.45) is 23.3 Å². The number of carbonyl (C=O) groups is 4. The van der Waals surface area contributed by atoms with Gasteiger partial charge in [0.05, 0.1) is 12.1 Å². The molecule has 0 radical (unpaired) electrons. The summed E-state index contributed by atoms with van der Waals surface area (Å²) in [5.74, 6) is -2.08. The Labute approximate surface area is 309 Å². The Morgan fingerprint density at radius 1 is 0.846 bits per heavy atom. The quantitative estimate of drug-likeness (QED) is 0.148. The van der Waals surface area contributed by atoms with E-state index < -0.39 is 46.1 Å². The molecule has 0 aliphatic carbocycles. The van der Waals surface area contributed by atoms with Crippen molar-refractivity contribution in [3.8, 4) is 0 Å². The average Bonchev–Trinajstić information content (AvgIpc) is 3.11. The SMILES string of the molecule is CC(C)CC(CC(=O)C(Cc1ccccc1)NC(=O)C(N)Cc1ccccc1)C(=O)NC(CCCCN)C(=O)N1C2CC1CN(S(=O)(=O)N(C)C)C2. The molecule has 6 atom stereocenters. The van der Waals surface area contributed by atoms with Crippen LogP contribution in [0.2, 0.25) is 0 Å². The number of rotatable bonds is 20. The first-order valence-corrected chi connectivity index (χ1v) is 19.8.